The summed E-state index contributed by atoms with van der Waals surface area (Å²) in [6.07, 6.45) is 6.81. The number of rotatable bonds is 9. The van der Waals surface area contributed by atoms with Gasteiger partial charge >= 0.3 is 0 Å². The Labute approximate surface area is 194 Å². The van der Waals surface area contributed by atoms with Gasteiger partial charge in [0.05, 0.1) is 6.61 Å². The number of nitrogens with one attached hydrogen (secondary N) is 2. The molecule has 2 amide bonds. The number of nitrogens with zero attached hydrogens (tertiary/aromatic N) is 1. The zero-order chi connectivity index (χ0) is 23.5. The quantitative estimate of drug-likeness (QED) is 0.437. The molecule has 2 aromatic carbocycles. The highest BCUT2D eigenvalue weighted by molar-refractivity contribution is 6.01. The van der Waals surface area contributed by atoms with Crippen LogP contribution in [0.25, 0.3) is 6.08 Å². The number of anilines is 1. The summed E-state index contributed by atoms with van der Waals surface area (Å²) in [4.78, 5) is 24.7. The number of benzene rings is 2. The van der Waals surface area contributed by atoms with Crippen molar-refractivity contribution in [2.45, 2.75) is 45.1 Å². The molecule has 7 heteroatoms. The van der Waals surface area contributed by atoms with Crippen LogP contribution in [0.15, 0.2) is 54.1 Å². The third-order valence-corrected chi connectivity index (χ3v) is 5.30. The first-order chi connectivity index (χ1) is 16.1. The van der Waals surface area contributed by atoms with Crippen LogP contribution < -0.4 is 20.1 Å². The second-order valence-electron chi connectivity index (χ2n) is 7.82. The minimum absolute atomic E-state index is 0.0407. The van der Waals surface area contributed by atoms with Crippen LogP contribution in [0.5, 0.6) is 11.5 Å². The van der Waals surface area contributed by atoms with Crippen molar-refractivity contribution in [1.82, 2.24) is 5.32 Å². The molecule has 7 nitrogen and oxygen atoms in total. The SMILES string of the molecule is CCOc1cc(/C=C(\C#N)C(=O)NC2CCCCC2)ccc1OCC(=O)Nc1ccccc1. The normalized spacial score (nSPS) is 14.1. The number of carbonyl (C=O) groups excluding carboxylic acids is 2. The van der Waals surface area contributed by atoms with E-state index < -0.39 is 0 Å². The number of para-hydroxylation sites is 1. The highest BCUT2D eigenvalue weighted by Crippen LogP contribution is 2.29. The van der Waals surface area contributed by atoms with Gasteiger partial charge in [0, 0.05) is 11.7 Å². The van der Waals surface area contributed by atoms with Crippen molar-refractivity contribution in [3.63, 3.8) is 0 Å². The molecule has 2 N–H and O–H groups in total. The van der Waals surface area contributed by atoms with Gasteiger partial charge in [0.1, 0.15) is 11.6 Å². The summed E-state index contributed by atoms with van der Waals surface area (Å²) in [6, 6.07) is 16.3. The largest absolute Gasteiger partial charge is 0.490 e. The van der Waals surface area contributed by atoms with Gasteiger partial charge in [0.15, 0.2) is 18.1 Å². The van der Waals surface area contributed by atoms with Gasteiger partial charge in [-0.05, 0) is 55.7 Å². The summed E-state index contributed by atoms with van der Waals surface area (Å²) in [6.45, 7) is 2.05. The van der Waals surface area contributed by atoms with Crippen molar-refractivity contribution in [3.8, 4) is 17.6 Å². The summed E-state index contributed by atoms with van der Waals surface area (Å²) in [5.41, 5.74) is 1.36. The molecule has 172 valence electrons. The van der Waals surface area contributed by atoms with Crippen molar-refractivity contribution in [2.24, 2.45) is 0 Å². The molecule has 1 saturated carbocycles. The van der Waals surface area contributed by atoms with E-state index in [1.54, 1.807) is 30.3 Å². The Bertz CT molecular complexity index is 1020. The summed E-state index contributed by atoms with van der Waals surface area (Å²) in [7, 11) is 0. The Morgan fingerprint density at radius 3 is 2.52 bits per heavy atom. The van der Waals surface area contributed by atoms with E-state index in [1.165, 1.54) is 12.5 Å². The van der Waals surface area contributed by atoms with Crippen LogP contribution in [0.2, 0.25) is 0 Å². The van der Waals surface area contributed by atoms with Crippen LogP contribution >= 0.6 is 0 Å². The van der Waals surface area contributed by atoms with E-state index >= 15 is 0 Å². The van der Waals surface area contributed by atoms with Gasteiger partial charge in [-0.25, -0.2) is 0 Å². The third-order valence-electron chi connectivity index (χ3n) is 5.30. The lowest BCUT2D eigenvalue weighted by molar-refractivity contribution is -0.118. The molecule has 0 saturated heterocycles. The molecule has 0 spiro atoms. The molecule has 0 unspecified atom stereocenters. The van der Waals surface area contributed by atoms with Gasteiger partial charge in [0.25, 0.3) is 11.8 Å². The Hall–Kier alpha value is -3.79. The molecule has 1 aliphatic rings. The predicted octanol–water partition coefficient (Wildman–Crippen LogP) is 4.46. The summed E-state index contributed by atoms with van der Waals surface area (Å²) < 4.78 is 11.3. The second-order valence-corrected chi connectivity index (χ2v) is 7.82. The molecule has 1 aliphatic carbocycles. The van der Waals surface area contributed by atoms with Crippen molar-refractivity contribution in [3.05, 3.63) is 59.7 Å². The van der Waals surface area contributed by atoms with Gasteiger partial charge in [-0.3, -0.25) is 9.59 Å². The maximum absolute atomic E-state index is 12.5. The molecule has 1 fully saturated rings. The minimum Gasteiger partial charge on any atom is -0.490 e. The van der Waals surface area contributed by atoms with Crippen molar-refractivity contribution < 1.29 is 19.1 Å². The fraction of sp³-hybridized carbons (Fsp3) is 0.346. The average molecular weight is 448 g/mol. The molecule has 0 radical (unpaired) electrons. The van der Waals surface area contributed by atoms with E-state index in [0.29, 0.717) is 29.4 Å². The molecule has 0 aromatic heterocycles. The Balaban J connectivity index is 1.66. The van der Waals surface area contributed by atoms with Gasteiger partial charge in [0.2, 0.25) is 0 Å². The molecule has 0 bridgehead atoms. The number of hydrogen-bond acceptors (Lipinski definition) is 5. The number of carbonyl (C=O) groups is 2. The van der Waals surface area contributed by atoms with E-state index in [4.69, 9.17) is 9.47 Å². The van der Waals surface area contributed by atoms with Crippen LogP contribution in [0.4, 0.5) is 5.69 Å². The Morgan fingerprint density at radius 1 is 1.06 bits per heavy atom. The van der Waals surface area contributed by atoms with E-state index in [1.807, 2.05) is 31.2 Å². The monoisotopic (exact) mass is 447 g/mol. The fourth-order valence-electron chi connectivity index (χ4n) is 3.69. The van der Waals surface area contributed by atoms with E-state index in [2.05, 4.69) is 10.6 Å². The molecular weight excluding hydrogens is 418 g/mol. The highest BCUT2D eigenvalue weighted by atomic mass is 16.5. The molecular formula is C26H29N3O4. The molecule has 33 heavy (non-hydrogen) atoms. The lowest BCUT2D eigenvalue weighted by Gasteiger charge is -2.22. The van der Waals surface area contributed by atoms with E-state index in [-0.39, 0.29) is 30.0 Å². The molecule has 2 aromatic rings. The molecule has 0 aliphatic heterocycles. The lowest BCUT2D eigenvalue weighted by atomic mass is 9.95. The van der Waals surface area contributed by atoms with E-state index in [0.717, 1.165) is 25.7 Å². The molecule has 0 heterocycles. The number of ether oxygens (including phenoxy) is 2. The van der Waals surface area contributed by atoms with Gasteiger partial charge < -0.3 is 20.1 Å². The minimum atomic E-state index is -0.361. The average Bonchev–Trinajstić information content (AvgIpc) is 2.83. The van der Waals surface area contributed by atoms with Crippen molar-refractivity contribution in [2.75, 3.05) is 18.5 Å². The number of amides is 2. The Kier molecular flexibility index (Phi) is 8.89. The first-order valence-corrected chi connectivity index (χ1v) is 11.3. The highest BCUT2D eigenvalue weighted by Gasteiger charge is 2.18. The standard InChI is InChI=1S/C26H29N3O4/c1-2-32-24-16-19(15-20(17-27)26(31)29-22-11-7-4-8-12-22)13-14-23(24)33-18-25(30)28-21-9-5-3-6-10-21/h3,5-6,9-10,13-16,22H,2,4,7-8,11-12,18H2,1H3,(H,28,30)(H,29,31)/b20-15+. The number of nitriles is 1. The fourth-order valence-corrected chi connectivity index (χ4v) is 3.69. The summed E-state index contributed by atoms with van der Waals surface area (Å²) >= 11 is 0. The second kappa shape index (κ2) is 12.3. The van der Waals surface area contributed by atoms with Crippen molar-refractivity contribution >= 4 is 23.6 Å². The Morgan fingerprint density at radius 2 is 1.82 bits per heavy atom. The van der Waals surface area contributed by atoms with Crippen LogP contribution in [0.1, 0.15) is 44.6 Å². The zero-order valence-electron chi connectivity index (χ0n) is 18.8. The topological polar surface area (TPSA) is 100 Å². The van der Waals surface area contributed by atoms with Crippen LogP contribution in [0.3, 0.4) is 0 Å². The number of hydrogen-bond donors (Lipinski definition) is 2. The lowest BCUT2D eigenvalue weighted by Crippen LogP contribution is -2.36. The third kappa shape index (κ3) is 7.39. The predicted molar refractivity (Wildman–Crippen MR) is 127 cm³/mol. The smallest absolute Gasteiger partial charge is 0.262 e. The van der Waals surface area contributed by atoms with Crippen LogP contribution in [-0.4, -0.2) is 31.1 Å². The first kappa shape index (κ1) is 23.9. The maximum Gasteiger partial charge on any atom is 0.262 e. The van der Waals surface area contributed by atoms with Crippen LogP contribution in [-0.2, 0) is 9.59 Å². The van der Waals surface area contributed by atoms with Crippen molar-refractivity contribution in [1.29, 1.82) is 5.26 Å². The van der Waals surface area contributed by atoms with Crippen LogP contribution in [0, 0.1) is 11.3 Å². The van der Waals surface area contributed by atoms with Gasteiger partial charge in [-0.2, -0.15) is 5.26 Å². The molecule has 3 rings (SSSR count). The summed E-state index contributed by atoms with van der Waals surface area (Å²) in [5, 5.41) is 15.2. The van der Waals surface area contributed by atoms with Gasteiger partial charge in [-0.15, -0.1) is 0 Å². The zero-order valence-corrected chi connectivity index (χ0v) is 18.8. The first-order valence-electron chi connectivity index (χ1n) is 11.3. The van der Waals surface area contributed by atoms with Gasteiger partial charge in [-0.1, -0.05) is 43.5 Å². The summed E-state index contributed by atoms with van der Waals surface area (Å²) in [5.74, 6) is 0.185. The van der Waals surface area contributed by atoms with E-state index in [9.17, 15) is 14.9 Å². The maximum atomic E-state index is 12.5. The molecule has 0 atom stereocenters.